The van der Waals surface area contributed by atoms with Crippen LogP contribution in [0, 0.1) is 6.92 Å². The molecular weight excluding hydrogens is 390 g/mol. The molecule has 0 aromatic heterocycles. The Kier molecular flexibility index (Phi) is 7.93. The fourth-order valence-electron chi connectivity index (χ4n) is 3.16. The Hall–Kier alpha value is -3.47. The van der Waals surface area contributed by atoms with Crippen LogP contribution in [-0.4, -0.2) is 19.2 Å². The van der Waals surface area contributed by atoms with Crippen LogP contribution in [-0.2, 0) is 17.9 Å². The lowest BCUT2D eigenvalue weighted by Gasteiger charge is -2.14. The third-order valence-corrected chi connectivity index (χ3v) is 4.68. The van der Waals surface area contributed by atoms with E-state index in [-0.39, 0.29) is 5.97 Å². The molecule has 0 aliphatic heterocycles. The molecule has 3 rings (SSSR count). The van der Waals surface area contributed by atoms with Crippen LogP contribution in [0.4, 0.5) is 5.69 Å². The first-order valence-corrected chi connectivity index (χ1v) is 10.5. The predicted molar refractivity (Wildman–Crippen MR) is 123 cm³/mol. The molecular formula is C26H29NO4. The Bertz CT molecular complexity index is 999. The molecule has 1 N–H and O–H groups in total. The van der Waals surface area contributed by atoms with Gasteiger partial charge in [0, 0.05) is 12.2 Å². The molecule has 0 atom stereocenters. The summed E-state index contributed by atoms with van der Waals surface area (Å²) >= 11 is 0. The topological polar surface area (TPSA) is 56.8 Å². The molecule has 0 fully saturated rings. The lowest BCUT2D eigenvalue weighted by molar-refractivity contribution is 0.0526. The first-order chi connectivity index (χ1) is 15.1. The highest BCUT2D eigenvalue weighted by molar-refractivity contribution is 5.89. The second kappa shape index (κ2) is 11.1. The van der Waals surface area contributed by atoms with Crippen molar-refractivity contribution in [3.63, 3.8) is 0 Å². The molecule has 0 saturated carbocycles. The van der Waals surface area contributed by atoms with Gasteiger partial charge in [0.1, 0.15) is 6.61 Å². The van der Waals surface area contributed by atoms with E-state index in [2.05, 4.69) is 30.4 Å². The molecule has 0 saturated heterocycles. The Morgan fingerprint density at radius 3 is 2.35 bits per heavy atom. The summed E-state index contributed by atoms with van der Waals surface area (Å²) in [7, 11) is 0. The van der Waals surface area contributed by atoms with Crippen LogP contribution in [0.2, 0.25) is 0 Å². The minimum atomic E-state index is -0.309. The summed E-state index contributed by atoms with van der Waals surface area (Å²) in [6, 6.07) is 21.5. The van der Waals surface area contributed by atoms with Crippen LogP contribution in [0.1, 0.15) is 40.9 Å². The van der Waals surface area contributed by atoms with Crippen LogP contribution in [0.15, 0.2) is 66.7 Å². The first kappa shape index (κ1) is 22.2. The monoisotopic (exact) mass is 419 g/mol. The van der Waals surface area contributed by atoms with E-state index in [1.54, 1.807) is 19.1 Å². The molecule has 162 valence electrons. The number of aryl methyl sites for hydroxylation is 1. The summed E-state index contributed by atoms with van der Waals surface area (Å²) in [4.78, 5) is 11.8. The highest BCUT2D eigenvalue weighted by Gasteiger charge is 2.09. The first-order valence-electron chi connectivity index (χ1n) is 10.5. The number of anilines is 1. The largest absolute Gasteiger partial charge is 0.490 e. The van der Waals surface area contributed by atoms with Gasteiger partial charge < -0.3 is 19.5 Å². The molecule has 5 heteroatoms. The molecule has 31 heavy (non-hydrogen) atoms. The number of rotatable bonds is 10. The van der Waals surface area contributed by atoms with Crippen molar-refractivity contribution >= 4 is 11.7 Å². The van der Waals surface area contributed by atoms with Gasteiger partial charge in [-0.05, 0) is 68.3 Å². The van der Waals surface area contributed by atoms with Gasteiger partial charge in [-0.15, -0.1) is 0 Å². The summed E-state index contributed by atoms with van der Waals surface area (Å²) in [6.07, 6.45) is 0. The second-order valence-corrected chi connectivity index (χ2v) is 7.14. The van der Waals surface area contributed by atoms with E-state index in [0.717, 1.165) is 28.3 Å². The van der Waals surface area contributed by atoms with Gasteiger partial charge >= 0.3 is 5.97 Å². The number of carbonyl (C=O) groups excluding carboxylic acids is 1. The molecule has 0 aliphatic carbocycles. The number of nitrogens with one attached hydrogen (secondary N) is 1. The maximum atomic E-state index is 11.8. The van der Waals surface area contributed by atoms with Crippen molar-refractivity contribution in [1.82, 2.24) is 0 Å². The van der Waals surface area contributed by atoms with Gasteiger partial charge in [0.2, 0.25) is 0 Å². The van der Waals surface area contributed by atoms with Crippen LogP contribution in [0.5, 0.6) is 11.5 Å². The quantitative estimate of drug-likeness (QED) is 0.423. The van der Waals surface area contributed by atoms with Gasteiger partial charge in [0.15, 0.2) is 11.5 Å². The fourth-order valence-corrected chi connectivity index (χ4v) is 3.16. The summed E-state index contributed by atoms with van der Waals surface area (Å²) in [5.74, 6) is 1.15. The van der Waals surface area contributed by atoms with E-state index in [4.69, 9.17) is 14.2 Å². The zero-order valence-electron chi connectivity index (χ0n) is 18.3. The lowest BCUT2D eigenvalue weighted by Crippen LogP contribution is -2.05. The molecule has 0 heterocycles. The van der Waals surface area contributed by atoms with Crippen LogP contribution in [0.25, 0.3) is 0 Å². The molecule has 0 unspecified atom stereocenters. The summed E-state index contributed by atoms with van der Waals surface area (Å²) in [6.45, 7) is 7.87. The average molecular weight is 420 g/mol. The highest BCUT2D eigenvalue weighted by Crippen LogP contribution is 2.29. The molecule has 3 aromatic carbocycles. The van der Waals surface area contributed by atoms with Crippen molar-refractivity contribution in [2.45, 2.75) is 33.9 Å². The lowest BCUT2D eigenvalue weighted by atomic mass is 10.1. The highest BCUT2D eigenvalue weighted by atomic mass is 16.5. The third-order valence-electron chi connectivity index (χ3n) is 4.68. The number of carbonyl (C=O) groups is 1. The summed E-state index contributed by atoms with van der Waals surface area (Å²) < 4.78 is 16.8. The van der Waals surface area contributed by atoms with Gasteiger partial charge in [0.25, 0.3) is 0 Å². The van der Waals surface area contributed by atoms with Crippen molar-refractivity contribution in [3.8, 4) is 11.5 Å². The van der Waals surface area contributed by atoms with E-state index >= 15 is 0 Å². The van der Waals surface area contributed by atoms with Gasteiger partial charge in [-0.25, -0.2) is 4.79 Å². The van der Waals surface area contributed by atoms with Crippen molar-refractivity contribution in [1.29, 1.82) is 0 Å². The molecule has 0 bridgehead atoms. The van der Waals surface area contributed by atoms with Gasteiger partial charge in [-0.2, -0.15) is 0 Å². The zero-order valence-corrected chi connectivity index (χ0v) is 18.3. The smallest absolute Gasteiger partial charge is 0.338 e. The number of benzene rings is 3. The van der Waals surface area contributed by atoms with E-state index in [9.17, 15) is 4.79 Å². The van der Waals surface area contributed by atoms with E-state index in [0.29, 0.717) is 31.9 Å². The Balaban J connectivity index is 1.62. The van der Waals surface area contributed by atoms with E-state index in [1.165, 1.54) is 5.56 Å². The number of hydrogen-bond acceptors (Lipinski definition) is 5. The maximum Gasteiger partial charge on any atom is 0.338 e. The van der Waals surface area contributed by atoms with Crippen molar-refractivity contribution in [3.05, 3.63) is 89.0 Å². The van der Waals surface area contributed by atoms with Crippen molar-refractivity contribution < 1.29 is 19.0 Å². The number of esters is 1. The minimum absolute atomic E-state index is 0.309. The summed E-state index contributed by atoms with van der Waals surface area (Å²) in [5.41, 5.74) is 4.87. The van der Waals surface area contributed by atoms with E-state index in [1.807, 2.05) is 43.3 Å². The maximum absolute atomic E-state index is 11.8. The van der Waals surface area contributed by atoms with Gasteiger partial charge in [0.05, 0.1) is 18.8 Å². The van der Waals surface area contributed by atoms with Crippen LogP contribution >= 0.6 is 0 Å². The van der Waals surface area contributed by atoms with Gasteiger partial charge in [-0.1, -0.05) is 35.9 Å². The standard InChI is InChI=1S/C26H29NO4/c1-4-29-25-16-20(9-14-24(25)31-18-21-8-6-7-19(3)15-21)17-27-23-12-10-22(11-13-23)26(28)30-5-2/h6-16,27H,4-5,17-18H2,1-3H3. The molecule has 0 radical (unpaired) electrons. The fraction of sp³-hybridized carbons (Fsp3) is 0.269. The predicted octanol–water partition coefficient (Wildman–Crippen LogP) is 5.76. The van der Waals surface area contributed by atoms with Crippen LogP contribution in [0.3, 0.4) is 0 Å². The molecule has 5 nitrogen and oxygen atoms in total. The molecule has 3 aromatic rings. The average Bonchev–Trinajstić information content (AvgIpc) is 2.78. The van der Waals surface area contributed by atoms with Crippen LogP contribution < -0.4 is 14.8 Å². The van der Waals surface area contributed by atoms with Gasteiger partial charge in [-0.3, -0.25) is 0 Å². The number of ether oxygens (including phenoxy) is 3. The molecule has 0 spiro atoms. The molecule has 0 amide bonds. The second-order valence-electron chi connectivity index (χ2n) is 7.14. The van der Waals surface area contributed by atoms with Crippen molar-refractivity contribution in [2.75, 3.05) is 18.5 Å². The number of hydrogen-bond donors (Lipinski definition) is 1. The molecule has 0 aliphatic rings. The normalized spacial score (nSPS) is 10.4. The minimum Gasteiger partial charge on any atom is -0.490 e. The Labute approximate surface area is 184 Å². The van der Waals surface area contributed by atoms with Crippen molar-refractivity contribution in [2.24, 2.45) is 0 Å². The van der Waals surface area contributed by atoms with E-state index < -0.39 is 0 Å². The third kappa shape index (κ3) is 6.51. The Morgan fingerprint density at radius 1 is 0.839 bits per heavy atom. The Morgan fingerprint density at radius 2 is 1.65 bits per heavy atom. The summed E-state index contributed by atoms with van der Waals surface area (Å²) in [5, 5.41) is 3.36. The SMILES string of the molecule is CCOC(=O)c1ccc(NCc2ccc(OCc3cccc(C)c3)c(OCC)c2)cc1. The zero-order chi connectivity index (χ0) is 22.1.